The van der Waals surface area contributed by atoms with Gasteiger partial charge in [0.05, 0.1) is 23.2 Å². The van der Waals surface area contributed by atoms with Gasteiger partial charge in [-0.2, -0.15) is 5.10 Å². The van der Waals surface area contributed by atoms with E-state index in [0.717, 1.165) is 16.3 Å². The number of oxazole rings is 1. The molecule has 0 unspecified atom stereocenters. The molecule has 0 saturated carbocycles. The third-order valence-corrected chi connectivity index (χ3v) is 3.88. The number of thiophene rings is 1. The molecule has 0 aliphatic rings. The predicted octanol–water partition coefficient (Wildman–Crippen LogP) is 3.01. The fourth-order valence-corrected chi connectivity index (χ4v) is 2.57. The average molecular weight is 289 g/mol. The monoisotopic (exact) mass is 289 g/mol. The van der Waals surface area contributed by atoms with Crippen LogP contribution in [0, 0.1) is 6.92 Å². The Morgan fingerprint density at radius 2 is 2.30 bits per heavy atom. The van der Waals surface area contributed by atoms with Gasteiger partial charge in [0, 0.05) is 6.20 Å². The number of rotatable bonds is 4. The maximum Gasteiger partial charge on any atom is 0.236 e. The maximum atomic E-state index is 9.48. The summed E-state index contributed by atoms with van der Waals surface area (Å²) in [6.07, 6.45) is 1.28. The van der Waals surface area contributed by atoms with Crippen LogP contribution >= 0.6 is 11.3 Å². The molecule has 0 aromatic carbocycles. The second-order valence-corrected chi connectivity index (χ2v) is 5.56. The van der Waals surface area contributed by atoms with Crippen molar-refractivity contribution in [1.82, 2.24) is 14.8 Å². The van der Waals surface area contributed by atoms with Crippen LogP contribution in [0.15, 0.2) is 34.2 Å². The Morgan fingerprint density at radius 3 is 2.95 bits per heavy atom. The molecule has 5 nitrogen and oxygen atoms in total. The summed E-state index contributed by atoms with van der Waals surface area (Å²) in [5.41, 5.74) is 1.51. The SMILES string of the molecule is Cc1oc(-c2cccs2)nc1Cn1ccc([C@@H](C)O)n1. The molecular formula is C14H15N3O2S. The van der Waals surface area contributed by atoms with Crippen molar-refractivity contribution in [1.29, 1.82) is 0 Å². The zero-order chi connectivity index (χ0) is 14.1. The van der Waals surface area contributed by atoms with E-state index in [1.54, 1.807) is 29.0 Å². The fraction of sp³-hybridized carbons (Fsp3) is 0.286. The molecule has 0 aliphatic heterocycles. The van der Waals surface area contributed by atoms with E-state index in [9.17, 15) is 5.11 Å². The van der Waals surface area contributed by atoms with Gasteiger partial charge < -0.3 is 9.52 Å². The molecule has 3 heterocycles. The predicted molar refractivity (Wildman–Crippen MR) is 76.5 cm³/mol. The number of aliphatic hydroxyl groups is 1. The lowest BCUT2D eigenvalue weighted by molar-refractivity contribution is 0.193. The molecule has 0 aliphatic carbocycles. The van der Waals surface area contributed by atoms with Crippen molar-refractivity contribution in [3.63, 3.8) is 0 Å². The molecular weight excluding hydrogens is 274 g/mol. The topological polar surface area (TPSA) is 64.1 Å². The van der Waals surface area contributed by atoms with Crippen LogP contribution in [0.3, 0.4) is 0 Å². The zero-order valence-corrected chi connectivity index (χ0v) is 12.1. The molecule has 1 atom stereocenters. The van der Waals surface area contributed by atoms with Gasteiger partial charge in [-0.15, -0.1) is 11.3 Å². The lowest BCUT2D eigenvalue weighted by Crippen LogP contribution is -2.03. The summed E-state index contributed by atoms with van der Waals surface area (Å²) in [5.74, 6) is 1.44. The molecule has 0 bridgehead atoms. The number of aryl methyl sites for hydroxylation is 1. The maximum absolute atomic E-state index is 9.48. The number of aromatic nitrogens is 3. The number of nitrogens with zero attached hydrogens (tertiary/aromatic N) is 3. The van der Waals surface area contributed by atoms with Crippen molar-refractivity contribution >= 4 is 11.3 Å². The molecule has 0 saturated heterocycles. The Balaban J connectivity index is 1.83. The van der Waals surface area contributed by atoms with E-state index in [1.165, 1.54) is 0 Å². The highest BCUT2D eigenvalue weighted by Gasteiger charge is 2.13. The van der Waals surface area contributed by atoms with Crippen molar-refractivity contribution in [3.8, 4) is 10.8 Å². The number of hydrogen-bond acceptors (Lipinski definition) is 5. The van der Waals surface area contributed by atoms with Gasteiger partial charge in [0.25, 0.3) is 0 Å². The summed E-state index contributed by atoms with van der Waals surface area (Å²) >= 11 is 1.60. The molecule has 0 fully saturated rings. The first-order valence-electron chi connectivity index (χ1n) is 6.35. The number of hydrogen-bond donors (Lipinski definition) is 1. The first kappa shape index (κ1) is 13.1. The lowest BCUT2D eigenvalue weighted by Gasteiger charge is -2.00. The Kier molecular flexibility index (Phi) is 3.42. The molecule has 0 radical (unpaired) electrons. The summed E-state index contributed by atoms with van der Waals surface area (Å²) in [4.78, 5) is 5.54. The van der Waals surface area contributed by atoms with Gasteiger partial charge in [-0.1, -0.05) is 6.07 Å². The molecule has 3 rings (SSSR count). The number of aliphatic hydroxyl groups excluding tert-OH is 1. The van der Waals surface area contributed by atoms with E-state index < -0.39 is 6.10 Å². The van der Waals surface area contributed by atoms with E-state index in [2.05, 4.69) is 10.1 Å². The fourth-order valence-electron chi connectivity index (χ4n) is 1.92. The Morgan fingerprint density at radius 1 is 1.45 bits per heavy atom. The van der Waals surface area contributed by atoms with Crippen LogP contribution in [0.25, 0.3) is 10.8 Å². The van der Waals surface area contributed by atoms with Crippen LogP contribution in [0.4, 0.5) is 0 Å². The van der Waals surface area contributed by atoms with Crippen LogP contribution < -0.4 is 0 Å². The Bertz CT molecular complexity index is 698. The summed E-state index contributed by atoms with van der Waals surface area (Å²) in [7, 11) is 0. The third kappa shape index (κ3) is 2.52. The summed E-state index contributed by atoms with van der Waals surface area (Å²) < 4.78 is 7.45. The van der Waals surface area contributed by atoms with Crippen molar-refractivity contribution in [2.24, 2.45) is 0 Å². The second kappa shape index (κ2) is 5.22. The molecule has 6 heteroatoms. The van der Waals surface area contributed by atoms with Gasteiger partial charge in [0.15, 0.2) is 0 Å². The van der Waals surface area contributed by atoms with Crippen molar-refractivity contribution in [3.05, 3.63) is 46.9 Å². The minimum absolute atomic E-state index is 0.535. The van der Waals surface area contributed by atoms with E-state index in [1.807, 2.05) is 30.6 Å². The largest absolute Gasteiger partial charge is 0.440 e. The normalized spacial score (nSPS) is 12.8. The van der Waals surface area contributed by atoms with Gasteiger partial charge in [0.1, 0.15) is 11.5 Å². The molecule has 0 spiro atoms. The van der Waals surface area contributed by atoms with Crippen LogP contribution in [-0.2, 0) is 6.54 Å². The van der Waals surface area contributed by atoms with E-state index in [4.69, 9.17) is 4.42 Å². The Hall–Kier alpha value is -1.92. The minimum Gasteiger partial charge on any atom is -0.440 e. The molecule has 3 aromatic rings. The van der Waals surface area contributed by atoms with Crippen LogP contribution in [0.2, 0.25) is 0 Å². The minimum atomic E-state index is -0.559. The summed E-state index contributed by atoms with van der Waals surface area (Å²) in [6, 6.07) is 5.76. The van der Waals surface area contributed by atoms with Crippen molar-refractivity contribution in [2.45, 2.75) is 26.5 Å². The van der Waals surface area contributed by atoms with Gasteiger partial charge in [0.2, 0.25) is 5.89 Å². The van der Waals surface area contributed by atoms with E-state index in [-0.39, 0.29) is 0 Å². The highest BCUT2D eigenvalue weighted by molar-refractivity contribution is 7.13. The zero-order valence-electron chi connectivity index (χ0n) is 11.3. The van der Waals surface area contributed by atoms with Crippen molar-refractivity contribution < 1.29 is 9.52 Å². The molecule has 1 N–H and O–H groups in total. The van der Waals surface area contributed by atoms with Crippen molar-refractivity contribution in [2.75, 3.05) is 0 Å². The first-order chi connectivity index (χ1) is 9.63. The molecule has 20 heavy (non-hydrogen) atoms. The van der Waals surface area contributed by atoms with E-state index in [0.29, 0.717) is 18.1 Å². The summed E-state index contributed by atoms with van der Waals surface area (Å²) in [6.45, 7) is 4.13. The van der Waals surface area contributed by atoms with Gasteiger partial charge in [-0.25, -0.2) is 4.98 Å². The molecule has 3 aromatic heterocycles. The average Bonchev–Trinajstić information content (AvgIpc) is 3.11. The summed E-state index contributed by atoms with van der Waals surface area (Å²) in [5, 5.41) is 15.8. The molecule has 0 amide bonds. The van der Waals surface area contributed by atoms with Gasteiger partial charge in [-0.05, 0) is 31.4 Å². The quantitative estimate of drug-likeness (QED) is 0.802. The van der Waals surface area contributed by atoms with Crippen LogP contribution in [0.1, 0.15) is 30.2 Å². The molecule has 104 valence electrons. The van der Waals surface area contributed by atoms with Gasteiger partial charge >= 0.3 is 0 Å². The third-order valence-electron chi connectivity index (χ3n) is 3.03. The highest BCUT2D eigenvalue weighted by atomic mass is 32.1. The smallest absolute Gasteiger partial charge is 0.236 e. The van der Waals surface area contributed by atoms with E-state index >= 15 is 0 Å². The lowest BCUT2D eigenvalue weighted by atomic mass is 10.3. The van der Waals surface area contributed by atoms with Gasteiger partial charge in [-0.3, -0.25) is 4.68 Å². The second-order valence-electron chi connectivity index (χ2n) is 4.61. The van der Waals surface area contributed by atoms with Crippen LogP contribution in [-0.4, -0.2) is 19.9 Å². The van der Waals surface area contributed by atoms with Crippen LogP contribution in [0.5, 0.6) is 0 Å². The first-order valence-corrected chi connectivity index (χ1v) is 7.23. The standard InChI is InChI=1S/C14H15N3O2S/c1-9(18)11-5-6-17(16-11)8-12-10(2)19-14(15-12)13-4-3-7-20-13/h3-7,9,18H,8H2,1-2H3/t9-/m1/s1. The Labute approximate surface area is 120 Å². The highest BCUT2D eigenvalue weighted by Crippen LogP contribution is 2.26.